The summed E-state index contributed by atoms with van der Waals surface area (Å²) in [6.07, 6.45) is 0.629. The zero-order valence-electron chi connectivity index (χ0n) is 11.7. The lowest BCUT2D eigenvalue weighted by Gasteiger charge is -2.14. The topological polar surface area (TPSA) is 55.8 Å². The van der Waals surface area contributed by atoms with Crippen LogP contribution in [0, 0.1) is 0 Å². The second kappa shape index (κ2) is 4.40. The number of benzene rings is 2. The molecule has 1 heterocycles. The molecule has 2 aromatic rings. The molecule has 4 heteroatoms. The van der Waals surface area contributed by atoms with Gasteiger partial charge in [-0.2, -0.15) is 0 Å². The minimum atomic E-state index is -0.163. The molecule has 0 radical (unpaired) electrons. The van der Waals surface area contributed by atoms with E-state index in [0.29, 0.717) is 28.9 Å². The molecular weight excluding hydrogens is 256 g/mol. The number of Topliss-reactive ketones (excluding diaryl/α,β-unsaturated/α-hetero) is 1. The lowest BCUT2D eigenvalue weighted by Crippen LogP contribution is -2.06. The van der Waals surface area contributed by atoms with Crippen molar-refractivity contribution in [3.8, 4) is 17.2 Å². The quantitative estimate of drug-likeness (QED) is 0.854. The van der Waals surface area contributed by atoms with Gasteiger partial charge >= 0.3 is 0 Å². The minimum absolute atomic E-state index is 0.000647. The summed E-state index contributed by atoms with van der Waals surface area (Å²) in [6, 6.07) is 5.48. The predicted molar refractivity (Wildman–Crippen MR) is 76.0 cm³/mol. The number of hydrogen-bond donors (Lipinski definition) is 1. The van der Waals surface area contributed by atoms with Gasteiger partial charge in [-0.3, -0.25) is 4.79 Å². The van der Waals surface area contributed by atoms with Crippen LogP contribution in [0.2, 0.25) is 0 Å². The number of carbonyl (C=O) groups excluding carboxylic acids is 1. The second-order valence-electron chi connectivity index (χ2n) is 5.10. The first-order chi connectivity index (χ1) is 9.54. The highest BCUT2D eigenvalue weighted by molar-refractivity contribution is 6.09. The van der Waals surface area contributed by atoms with Crippen LogP contribution in [-0.2, 0) is 6.42 Å². The van der Waals surface area contributed by atoms with E-state index in [0.717, 1.165) is 10.9 Å². The lowest BCUT2D eigenvalue weighted by atomic mass is 9.94. The summed E-state index contributed by atoms with van der Waals surface area (Å²) in [5, 5.41) is 11.8. The van der Waals surface area contributed by atoms with E-state index in [1.54, 1.807) is 13.2 Å². The van der Waals surface area contributed by atoms with Crippen molar-refractivity contribution < 1.29 is 19.4 Å². The Hall–Kier alpha value is -2.23. The van der Waals surface area contributed by atoms with E-state index in [1.165, 1.54) is 6.92 Å². The maximum atomic E-state index is 11.9. The molecule has 104 valence electrons. The Bertz CT molecular complexity index is 718. The van der Waals surface area contributed by atoms with Gasteiger partial charge in [-0.1, -0.05) is 12.1 Å². The Balaban J connectivity index is 2.49. The molecule has 0 fully saturated rings. The van der Waals surface area contributed by atoms with Crippen LogP contribution >= 0.6 is 0 Å². The van der Waals surface area contributed by atoms with E-state index in [-0.39, 0.29) is 17.6 Å². The number of rotatable bonds is 2. The summed E-state index contributed by atoms with van der Waals surface area (Å²) in [4.78, 5) is 11.9. The normalized spacial score (nSPS) is 16.9. The van der Waals surface area contributed by atoms with Gasteiger partial charge in [0.2, 0.25) is 0 Å². The summed E-state index contributed by atoms with van der Waals surface area (Å²) < 4.78 is 11.1. The first-order valence-corrected chi connectivity index (χ1v) is 6.56. The number of methoxy groups -OCH3 is 1. The summed E-state index contributed by atoms with van der Waals surface area (Å²) >= 11 is 0. The number of phenolic OH excluding ortho intramolecular Hbond substituents is 1. The van der Waals surface area contributed by atoms with Crippen molar-refractivity contribution in [1.29, 1.82) is 0 Å². The van der Waals surface area contributed by atoms with Crippen LogP contribution in [0.25, 0.3) is 10.8 Å². The fourth-order valence-electron chi connectivity index (χ4n) is 2.92. The van der Waals surface area contributed by atoms with Crippen molar-refractivity contribution in [2.75, 3.05) is 7.11 Å². The number of fused-ring (bicyclic) bond motifs is 3. The van der Waals surface area contributed by atoms with E-state index in [9.17, 15) is 9.90 Å². The van der Waals surface area contributed by atoms with Crippen LogP contribution in [0.4, 0.5) is 0 Å². The molecule has 1 unspecified atom stereocenters. The number of ketones is 1. The molecule has 20 heavy (non-hydrogen) atoms. The highest BCUT2D eigenvalue weighted by Crippen LogP contribution is 2.47. The third-order valence-corrected chi connectivity index (χ3v) is 3.70. The van der Waals surface area contributed by atoms with Gasteiger partial charge in [-0.25, -0.2) is 0 Å². The summed E-state index contributed by atoms with van der Waals surface area (Å²) in [5.41, 5.74) is 1.14. The van der Waals surface area contributed by atoms with E-state index in [1.807, 2.05) is 19.1 Å². The average Bonchev–Trinajstić information content (AvgIpc) is 2.79. The summed E-state index contributed by atoms with van der Waals surface area (Å²) in [7, 11) is 1.54. The minimum Gasteiger partial charge on any atom is -0.506 e. The van der Waals surface area contributed by atoms with Crippen LogP contribution in [0.15, 0.2) is 18.2 Å². The van der Waals surface area contributed by atoms with Crippen LogP contribution in [-0.4, -0.2) is 24.1 Å². The highest BCUT2D eigenvalue weighted by atomic mass is 16.5. The molecule has 0 aliphatic carbocycles. The first-order valence-electron chi connectivity index (χ1n) is 6.56. The van der Waals surface area contributed by atoms with Gasteiger partial charge in [0, 0.05) is 17.4 Å². The SMILES string of the molecule is COc1cccc2c3c(c(C(C)=O)c(O)c12)CC(C)O3. The maximum Gasteiger partial charge on any atom is 0.163 e. The summed E-state index contributed by atoms with van der Waals surface area (Å²) in [6.45, 7) is 3.41. The Morgan fingerprint density at radius 1 is 1.45 bits per heavy atom. The second-order valence-corrected chi connectivity index (χ2v) is 5.10. The van der Waals surface area contributed by atoms with Gasteiger partial charge in [0.05, 0.1) is 18.1 Å². The van der Waals surface area contributed by atoms with Gasteiger partial charge in [0.15, 0.2) is 5.78 Å². The number of phenols is 1. The molecule has 1 aliphatic heterocycles. The van der Waals surface area contributed by atoms with Gasteiger partial charge in [-0.05, 0) is 19.9 Å². The van der Waals surface area contributed by atoms with Gasteiger partial charge in [0.25, 0.3) is 0 Å². The third-order valence-electron chi connectivity index (χ3n) is 3.70. The maximum absolute atomic E-state index is 11.9. The van der Waals surface area contributed by atoms with Gasteiger partial charge in [-0.15, -0.1) is 0 Å². The van der Waals surface area contributed by atoms with Crippen molar-refractivity contribution in [2.24, 2.45) is 0 Å². The van der Waals surface area contributed by atoms with Crippen LogP contribution in [0.3, 0.4) is 0 Å². The Morgan fingerprint density at radius 3 is 2.85 bits per heavy atom. The number of hydrogen-bond acceptors (Lipinski definition) is 4. The molecule has 1 aliphatic rings. The van der Waals surface area contributed by atoms with Crippen LogP contribution in [0.5, 0.6) is 17.2 Å². The molecule has 1 atom stereocenters. The fraction of sp³-hybridized carbons (Fsp3) is 0.312. The monoisotopic (exact) mass is 272 g/mol. The van der Waals surface area contributed by atoms with Crippen molar-refractivity contribution in [3.63, 3.8) is 0 Å². The zero-order chi connectivity index (χ0) is 14.4. The van der Waals surface area contributed by atoms with E-state index in [2.05, 4.69) is 0 Å². The third kappa shape index (κ3) is 1.64. The standard InChI is InChI=1S/C16H16O4/c1-8-7-11-13(9(2)17)15(18)14-10(16(11)20-8)5-4-6-12(14)19-3/h4-6,8,18H,7H2,1-3H3. The molecular formula is C16H16O4. The molecule has 3 rings (SSSR count). The Labute approximate surface area is 116 Å². The first kappa shape index (κ1) is 12.8. The molecule has 0 saturated heterocycles. The van der Waals surface area contributed by atoms with E-state index in [4.69, 9.17) is 9.47 Å². The predicted octanol–water partition coefficient (Wildman–Crippen LogP) is 3.08. The Morgan fingerprint density at radius 2 is 2.20 bits per heavy atom. The molecule has 2 aromatic carbocycles. The van der Waals surface area contributed by atoms with Crippen LogP contribution < -0.4 is 9.47 Å². The molecule has 4 nitrogen and oxygen atoms in total. The van der Waals surface area contributed by atoms with E-state index < -0.39 is 0 Å². The van der Waals surface area contributed by atoms with E-state index >= 15 is 0 Å². The highest BCUT2D eigenvalue weighted by Gasteiger charge is 2.30. The lowest BCUT2D eigenvalue weighted by molar-refractivity contribution is 0.101. The van der Waals surface area contributed by atoms with Gasteiger partial charge < -0.3 is 14.6 Å². The molecule has 1 N–H and O–H groups in total. The van der Waals surface area contributed by atoms with Crippen molar-refractivity contribution in [2.45, 2.75) is 26.4 Å². The van der Waals surface area contributed by atoms with Crippen molar-refractivity contribution >= 4 is 16.6 Å². The fourth-order valence-corrected chi connectivity index (χ4v) is 2.92. The summed E-state index contributed by atoms with van der Waals surface area (Å²) in [5.74, 6) is 1.05. The number of aromatic hydroxyl groups is 1. The molecule has 0 bridgehead atoms. The molecule has 0 amide bonds. The molecule has 0 saturated carbocycles. The van der Waals surface area contributed by atoms with Crippen molar-refractivity contribution in [1.82, 2.24) is 0 Å². The number of carbonyl (C=O) groups is 1. The Kier molecular flexibility index (Phi) is 2.82. The largest absolute Gasteiger partial charge is 0.506 e. The molecule has 0 spiro atoms. The number of ether oxygens (including phenoxy) is 2. The van der Waals surface area contributed by atoms with Crippen molar-refractivity contribution in [3.05, 3.63) is 29.3 Å². The average molecular weight is 272 g/mol. The zero-order valence-corrected chi connectivity index (χ0v) is 11.7. The van der Waals surface area contributed by atoms with Crippen LogP contribution in [0.1, 0.15) is 29.8 Å². The smallest absolute Gasteiger partial charge is 0.163 e. The van der Waals surface area contributed by atoms with Gasteiger partial charge in [0.1, 0.15) is 23.4 Å². The molecule has 0 aromatic heterocycles.